The van der Waals surface area contributed by atoms with Crippen molar-refractivity contribution in [1.29, 1.82) is 5.41 Å². The van der Waals surface area contributed by atoms with Crippen molar-refractivity contribution in [2.45, 2.75) is 39.8 Å². The third-order valence-electron chi connectivity index (χ3n) is 1.09. The molecule has 0 aromatic heterocycles. The summed E-state index contributed by atoms with van der Waals surface area (Å²) in [7, 11) is 0.679. The van der Waals surface area contributed by atoms with Crippen LogP contribution in [-0.2, 0) is 0 Å². The Kier molecular flexibility index (Phi) is 3.51. The van der Waals surface area contributed by atoms with Crippen LogP contribution in [0.5, 0.6) is 0 Å². The summed E-state index contributed by atoms with van der Waals surface area (Å²) >= 11 is 0. The van der Waals surface area contributed by atoms with Crippen LogP contribution in [0.2, 0.25) is 0 Å². The van der Waals surface area contributed by atoms with E-state index in [2.05, 4.69) is 34.6 Å². The highest BCUT2D eigenvalue weighted by Crippen LogP contribution is 2.33. The first-order valence-electron chi connectivity index (χ1n) is 3.69. The maximum atomic E-state index is 7.61. The lowest BCUT2D eigenvalue weighted by atomic mass is 10.2. The van der Waals surface area contributed by atoms with E-state index in [0.29, 0.717) is 19.7 Å². The van der Waals surface area contributed by atoms with E-state index in [4.69, 9.17) is 5.41 Å². The van der Waals surface area contributed by atoms with Gasteiger partial charge in [0.25, 0.3) is 0 Å². The highest BCUT2D eigenvalue weighted by atomic mass is 31.1. The summed E-state index contributed by atoms with van der Waals surface area (Å²) in [6, 6.07) is 0. The minimum absolute atomic E-state index is 0.307. The molecule has 1 unspecified atom stereocenters. The molecule has 0 spiro atoms. The molecule has 0 aromatic rings. The molecule has 1 nitrogen and oxygen atoms in total. The van der Waals surface area contributed by atoms with Gasteiger partial charge in [-0.3, -0.25) is 0 Å². The van der Waals surface area contributed by atoms with E-state index in [1.54, 1.807) is 0 Å². The Morgan fingerprint density at radius 1 is 1.30 bits per heavy atom. The monoisotopic (exact) mass is 159 g/mol. The van der Waals surface area contributed by atoms with Crippen molar-refractivity contribution in [3.05, 3.63) is 0 Å². The zero-order valence-electron chi connectivity index (χ0n) is 7.58. The Bertz CT molecular complexity index is 122. The standard InChI is InChI=1S/C8H18NP/c1-6(2)7(9)10-8(3,4)5/h6,9-10H,1-5H3. The van der Waals surface area contributed by atoms with Gasteiger partial charge in [-0.1, -0.05) is 43.2 Å². The van der Waals surface area contributed by atoms with Gasteiger partial charge >= 0.3 is 0 Å². The first-order valence-corrected chi connectivity index (χ1v) is 4.69. The van der Waals surface area contributed by atoms with Crippen LogP contribution in [0.15, 0.2) is 0 Å². The fourth-order valence-corrected chi connectivity index (χ4v) is 1.65. The molecule has 0 saturated carbocycles. The summed E-state index contributed by atoms with van der Waals surface area (Å²) in [5.41, 5.74) is 0.896. The van der Waals surface area contributed by atoms with Gasteiger partial charge in [0.15, 0.2) is 0 Å². The van der Waals surface area contributed by atoms with E-state index in [0.717, 1.165) is 5.45 Å². The maximum Gasteiger partial charge on any atom is 0.0318 e. The molecule has 2 heteroatoms. The predicted molar refractivity (Wildman–Crippen MR) is 50.6 cm³/mol. The van der Waals surface area contributed by atoms with Crippen LogP contribution in [0.1, 0.15) is 34.6 Å². The lowest BCUT2D eigenvalue weighted by molar-refractivity contribution is 0.795. The van der Waals surface area contributed by atoms with Gasteiger partial charge in [0.2, 0.25) is 0 Å². The lowest BCUT2D eigenvalue weighted by Crippen LogP contribution is -2.11. The van der Waals surface area contributed by atoms with Crippen molar-refractivity contribution < 1.29 is 0 Å². The van der Waals surface area contributed by atoms with Gasteiger partial charge in [0.1, 0.15) is 0 Å². The molecular weight excluding hydrogens is 141 g/mol. The van der Waals surface area contributed by atoms with Crippen LogP contribution >= 0.6 is 8.58 Å². The van der Waals surface area contributed by atoms with Gasteiger partial charge in [-0.2, -0.15) is 0 Å². The predicted octanol–water partition coefficient (Wildman–Crippen LogP) is 3.10. The van der Waals surface area contributed by atoms with Crippen molar-refractivity contribution in [2.24, 2.45) is 5.92 Å². The van der Waals surface area contributed by atoms with Crippen LogP contribution in [0.25, 0.3) is 0 Å². The molecule has 0 amide bonds. The molecule has 0 aliphatic carbocycles. The molecule has 10 heavy (non-hydrogen) atoms. The van der Waals surface area contributed by atoms with E-state index in [1.807, 2.05) is 0 Å². The molecule has 0 radical (unpaired) electrons. The Balaban J connectivity index is 3.81. The van der Waals surface area contributed by atoms with Gasteiger partial charge < -0.3 is 5.41 Å². The zero-order valence-corrected chi connectivity index (χ0v) is 8.58. The summed E-state index contributed by atoms with van der Waals surface area (Å²) in [5.74, 6) is 0.428. The summed E-state index contributed by atoms with van der Waals surface area (Å²) in [5, 5.41) is 7.92. The Hall–Kier alpha value is 0.100. The second-order valence-electron chi connectivity index (χ2n) is 3.94. The van der Waals surface area contributed by atoms with E-state index in [1.165, 1.54) is 0 Å². The Labute approximate surface area is 65.9 Å². The van der Waals surface area contributed by atoms with Crippen LogP contribution in [-0.4, -0.2) is 10.6 Å². The van der Waals surface area contributed by atoms with E-state index >= 15 is 0 Å². The fourth-order valence-electron chi connectivity index (χ4n) is 0.548. The maximum absolute atomic E-state index is 7.61. The van der Waals surface area contributed by atoms with Crippen LogP contribution in [0.4, 0.5) is 0 Å². The first kappa shape index (κ1) is 10.1. The SMILES string of the molecule is CC(C)C(=N)PC(C)(C)C. The summed E-state index contributed by atoms with van der Waals surface area (Å²) in [4.78, 5) is 0. The minimum Gasteiger partial charge on any atom is -0.305 e. The van der Waals surface area contributed by atoms with E-state index in [-0.39, 0.29) is 0 Å². The summed E-state index contributed by atoms with van der Waals surface area (Å²) < 4.78 is 0. The molecule has 1 atom stereocenters. The normalized spacial score (nSPS) is 13.4. The Morgan fingerprint density at radius 3 is 1.80 bits per heavy atom. The van der Waals surface area contributed by atoms with E-state index in [9.17, 15) is 0 Å². The number of rotatable bonds is 2. The zero-order chi connectivity index (χ0) is 8.36. The smallest absolute Gasteiger partial charge is 0.0318 e. The van der Waals surface area contributed by atoms with Gasteiger partial charge in [0.05, 0.1) is 0 Å². The van der Waals surface area contributed by atoms with Gasteiger partial charge in [-0.25, -0.2) is 0 Å². The third kappa shape index (κ3) is 4.93. The average Bonchev–Trinajstić information content (AvgIpc) is 1.60. The molecule has 0 aromatic carbocycles. The molecule has 0 aliphatic heterocycles. The third-order valence-corrected chi connectivity index (χ3v) is 2.68. The van der Waals surface area contributed by atoms with Crippen LogP contribution in [0.3, 0.4) is 0 Å². The highest BCUT2D eigenvalue weighted by molar-refractivity contribution is 7.59. The molecule has 0 rings (SSSR count). The number of hydrogen-bond donors (Lipinski definition) is 1. The second-order valence-corrected chi connectivity index (χ2v) is 6.23. The molecule has 1 N–H and O–H groups in total. The molecule has 0 aliphatic rings. The number of hydrogen-bond acceptors (Lipinski definition) is 1. The average molecular weight is 159 g/mol. The summed E-state index contributed by atoms with van der Waals surface area (Å²) in [6.07, 6.45) is 0. The van der Waals surface area contributed by atoms with Gasteiger partial charge in [0, 0.05) is 5.45 Å². The Morgan fingerprint density at radius 2 is 1.70 bits per heavy atom. The van der Waals surface area contributed by atoms with Crippen molar-refractivity contribution in [3.63, 3.8) is 0 Å². The molecule has 0 bridgehead atoms. The minimum atomic E-state index is 0.307. The fraction of sp³-hybridized carbons (Fsp3) is 0.875. The molecular formula is C8H18NP. The van der Waals surface area contributed by atoms with Crippen LogP contribution < -0.4 is 0 Å². The summed E-state index contributed by atoms with van der Waals surface area (Å²) in [6.45, 7) is 10.7. The van der Waals surface area contributed by atoms with Crippen LogP contribution in [0, 0.1) is 11.3 Å². The first-order chi connectivity index (χ1) is 4.33. The number of nitrogens with one attached hydrogen (secondary N) is 1. The lowest BCUT2D eigenvalue weighted by Gasteiger charge is -2.20. The second kappa shape index (κ2) is 3.48. The molecule has 60 valence electrons. The van der Waals surface area contributed by atoms with Gasteiger partial charge in [-0.05, 0) is 11.1 Å². The van der Waals surface area contributed by atoms with Crippen molar-refractivity contribution in [1.82, 2.24) is 0 Å². The highest BCUT2D eigenvalue weighted by Gasteiger charge is 2.14. The largest absolute Gasteiger partial charge is 0.305 e. The topological polar surface area (TPSA) is 23.9 Å². The molecule has 0 fully saturated rings. The molecule has 0 saturated heterocycles. The van der Waals surface area contributed by atoms with Crippen molar-refractivity contribution >= 4 is 14.0 Å². The quantitative estimate of drug-likeness (QED) is 0.473. The van der Waals surface area contributed by atoms with E-state index < -0.39 is 0 Å². The molecule has 0 heterocycles. The van der Waals surface area contributed by atoms with Gasteiger partial charge in [-0.15, -0.1) is 0 Å². The van der Waals surface area contributed by atoms with Crippen molar-refractivity contribution in [2.75, 3.05) is 0 Å². The van der Waals surface area contributed by atoms with Crippen molar-refractivity contribution in [3.8, 4) is 0 Å².